The highest BCUT2D eigenvalue weighted by atomic mass is 35.5. The molecular weight excluding hydrogens is 472 g/mol. The molecule has 2 N–H and O–H groups in total. The highest BCUT2D eigenvalue weighted by Crippen LogP contribution is 2.26. The van der Waals surface area contributed by atoms with Crippen LogP contribution in [0, 0.1) is 6.92 Å². The monoisotopic (exact) mass is 494 g/mol. The van der Waals surface area contributed by atoms with Gasteiger partial charge in [-0.1, -0.05) is 42.8 Å². The van der Waals surface area contributed by atoms with Crippen molar-refractivity contribution in [2.24, 2.45) is 5.10 Å². The third-order valence-corrected chi connectivity index (χ3v) is 5.91. The van der Waals surface area contributed by atoms with E-state index in [2.05, 4.69) is 21.1 Å². The molecule has 1 aliphatic heterocycles. The third kappa shape index (κ3) is 4.92. The Hall–Kier alpha value is -4.05. The van der Waals surface area contributed by atoms with E-state index in [-0.39, 0.29) is 35.7 Å². The summed E-state index contributed by atoms with van der Waals surface area (Å²) < 4.78 is 1.24. The second kappa shape index (κ2) is 10.1. The molecule has 2 aromatic carbocycles. The average Bonchev–Trinajstić information content (AvgIpc) is 2.86. The van der Waals surface area contributed by atoms with Gasteiger partial charge in [0, 0.05) is 29.8 Å². The number of hydrogen-bond acceptors (Lipinski definition) is 6. The van der Waals surface area contributed by atoms with Gasteiger partial charge in [0.05, 0.1) is 11.1 Å². The van der Waals surface area contributed by atoms with Crippen LogP contribution in [0.1, 0.15) is 42.2 Å². The Morgan fingerprint density at radius 1 is 1.03 bits per heavy atom. The van der Waals surface area contributed by atoms with E-state index in [0.717, 1.165) is 10.6 Å². The number of carbonyl (C=O) groups excluding carboxylic acids is 3. The molecule has 0 unspecified atom stereocenters. The summed E-state index contributed by atoms with van der Waals surface area (Å²) >= 11 is 6.16. The van der Waals surface area contributed by atoms with E-state index >= 15 is 0 Å². The molecule has 0 bridgehead atoms. The zero-order valence-corrected chi connectivity index (χ0v) is 19.9. The Morgan fingerprint density at radius 2 is 1.74 bits per heavy atom. The van der Waals surface area contributed by atoms with Crippen LogP contribution in [-0.2, 0) is 16.1 Å². The third-order valence-electron chi connectivity index (χ3n) is 5.50. The number of hydrogen-bond donors (Lipinski definition) is 2. The number of amides is 3. The fourth-order valence-corrected chi connectivity index (χ4v) is 3.82. The number of hydrazine groups is 1. The largest absolute Gasteiger partial charge is 0.290 e. The van der Waals surface area contributed by atoms with E-state index < -0.39 is 11.8 Å². The van der Waals surface area contributed by atoms with Crippen LogP contribution in [0.4, 0.5) is 5.69 Å². The maximum Gasteiger partial charge on any atom is 0.290 e. The van der Waals surface area contributed by atoms with Crippen molar-refractivity contribution in [2.45, 2.75) is 39.7 Å². The van der Waals surface area contributed by atoms with Crippen molar-refractivity contribution in [3.8, 4) is 0 Å². The molecule has 0 saturated carbocycles. The molecule has 11 heteroatoms. The number of anilines is 1. The van der Waals surface area contributed by atoms with Gasteiger partial charge in [0.25, 0.3) is 17.4 Å². The highest BCUT2D eigenvalue weighted by molar-refractivity contribution is 6.40. The van der Waals surface area contributed by atoms with Crippen LogP contribution >= 0.6 is 11.6 Å². The number of benzene rings is 2. The summed E-state index contributed by atoms with van der Waals surface area (Å²) in [6, 6.07) is 11.7. The number of nitrogens with one attached hydrogen (secondary N) is 2. The number of aromatic nitrogens is 2. The van der Waals surface area contributed by atoms with Crippen molar-refractivity contribution in [3.63, 3.8) is 0 Å². The van der Waals surface area contributed by atoms with Gasteiger partial charge in [0.1, 0.15) is 5.71 Å². The molecular formula is C24H23ClN6O4. The van der Waals surface area contributed by atoms with Crippen LogP contribution in [0.15, 0.2) is 52.4 Å². The minimum atomic E-state index is -0.686. The van der Waals surface area contributed by atoms with Gasteiger partial charge >= 0.3 is 0 Å². The van der Waals surface area contributed by atoms with Gasteiger partial charge in [0.15, 0.2) is 5.69 Å². The van der Waals surface area contributed by atoms with Gasteiger partial charge < -0.3 is 0 Å². The number of fused-ring (bicyclic) bond motifs is 1. The molecule has 0 spiro atoms. The van der Waals surface area contributed by atoms with Crippen LogP contribution in [0.2, 0.25) is 5.02 Å². The van der Waals surface area contributed by atoms with Crippen molar-refractivity contribution in [2.75, 3.05) is 5.01 Å². The molecule has 35 heavy (non-hydrogen) atoms. The molecule has 1 aliphatic rings. The molecule has 3 aromatic rings. The molecule has 2 heterocycles. The second-order valence-corrected chi connectivity index (χ2v) is 8.42. The van der Waals surface area contributed by atoms with Crippen LogP contribution in [0.5, 0.6) is 0 Å². The van der Waals surface area contributed by atoms with Crippen LogP contribution in [0.25, 0.3) is 10.8 Å². The summed E-state index contributed by atoms with van der Waals surface area (Å²) in [6.45, 7) is 4.08. The number of carbonyl (C=O) groups is 3. The molecule has 10 nitrogen and oxygen atoms in total. The normalized spacial score (nSPS) is 13.5. The molecule has 0 radical (unpaired) electrons. The quantitative estimate of drug-likeness (QED) is 0.527. The number of hydrazone groups is 1. The maximum atomic E-state index is 12.9. The molecule has 3 amide bonds. The summed E-state index contributed by atoms with van der Waals surface area (Å²) in [7, 11) is 0. The van der Waals surface area contributed by atoms with Gasteiger partial charge in [0.2, 0.25) is 5.91 Å². The lowest BCUT2D eigenvalue weighted by molar-refractivity contribution is -0.119. The second-order valence-electron chi connectivity index (χ2n) is 8.02. The zero-order chi connectivity index (χ0) is 25.1. The minimum Gasteiger partial charge on any atom is -0.273 e. The first-order valence-corrected chi connectivity index (χ1v) is 11.4. The van der Waals surface area contributed by atoms with E-state index in [0.29, 0.717) is 34.4 Å². The number of halogens is 1. The van der Waals surface area contributed by atoms with Crippen molar-refractivity contribution in [3.05, 3.63) is 69.1 Å². The summed E-state index contributed by atoms with van der Waals surface area (Å²) in [5.41, 5.74) is 5.73. The summed E-state index contributed by atoms with van der Waals surface area (Å²) in [4.78, 5) is 50.6. The first-order chi connectivity index (χ1) is 16.8. The maximum absolute atomic E-state index is 12.9. The lowest BCUT2D eigenvalue weighted by Gasteiger charge is -2.23. The average molecular weight is 495 g/mol. The standard InChI is InChI=1S/C24H23ClN6O4/c1-3-12-30-24(35)17-7-5-4-6-16(17)21(29-30)23(34)27-26-22(33)19-10-11-20(32)31(28-19)15-9-8-14(2)18(25)13-15/h4-9,13H,3,10-12H2,1-2H3,(H,26,33)(H,27,34). The first kappa shape index (κ1) is 24.1. The van der Waals surface area contributed by atoms with Gasteiger partial charge in [-0.25, -0.2) is 9.69 Å². The van der Waals surface area contributed by atoms with Gasteiger partial charge in [-0.15, -0.1) is 0 Å². The molecule has 0 atom stereocenters. The Balaban J connectivity index is 1.54. The van der Waals surface area contributed by atoms with Crippen LogP contribution in [0.3, 0.4) is 0 Å². The summed E-state index contributed by atoms with van der Waals surface area (Å²) in [5, 5.41) is 10.7. The van der Waals surface area contributed by atoms with E-state index in [4.69, 9.17) is 11.6 Å². The van der Waals surface area contributed by atoms with Gasteiger partial charge in [-0.3, -0.25) is 30.0 Å². The fraction of sp³-hybridized carbons (Fsp3) is 0.250. The zero-order valence-electron chi connectivity index (χ0n) is 19.2. The number of nitrogens with zero attached hydrogens (tertiary/aromatic N) is 4. The summed E-state index contributed by atoms with van der Waals surface area (Å²) in [5.74, 6) is -1.63. The van der Waals surface area contributed by atoms with Crippen LogP contribution < -0.4 is 21.4 Å². The Labute approximate surface area is 205 Å². The Morgan fingerprint density at radius 3 is 2.46 bits per heavy atom. The van der Waals surface area contributed by atoms with Crippen molar-refractivity contribution in [1.82, 2.24) is 20.6 Å². The molecule has 4 rings (SSSR count). The molecule has 1 aromatic heterocycles. The van der Waals surface area contributed by atoms with Gasteiger partial charge in [-0.2, -0.15) is 10.2 Å². The fourth-order valence-electron chi connectivity index (χ4n) is 3.64. The summed E-state index contributed by atoms with van der Waals surface area (Å²) in [6.07, 6.45) is 0.837. The predicted molar refractivity (Wildman–Crippen MR) is 132 cm³/mol. The van der Waals surface area contributed by atoms with Crippen molar-refractivity contribution >= 4 is 51.5 Å². The van der Waals surface area contributed by atoms with E-state index in [1.54, 1.807) is 42.5 Å². The molecule has 0 saturated heterocycles. The predicted octanol–water partition coefficient (Wildman–Crippen LogP) is 2.71. The Bertz CT molecular complexity index is 1430. The molecule has 180 valence electrons. The van der Waals surface area contributed by atoms with Gasteiger partial charge in [-0.05, 0) is 37.1 Å². The molecule has 0 fully saturated rings. The number of aryl methyl sites for hydroxylation is 2. The lowest BCUT2D eigenvalue weighted by atomic mass is 10.1. The minimum absolute atomic E-state index is 0.00522. The SMILES string of the molecule is CCCn1nc(C(=O)NNC(=O)C2=NN(c3ccc(C)c(Cl)c3)C(=O)CC2)c2ccccc2c1=O. The Kier molecular flexibility index (Phi) is 6.92. The van der Waals surface area contributed by atoms with Crippen molar-refractivity contribution in [1.29, 1.82) is 0 Å². The number of rotatable bonds is 5. The topological polar surface area (TPSA) is 126 Å². The van der Waals surface area contributed by atoms with Crippen LogP contribution in [-0.4, -0.2) is 33.2 Å². The smallest absolute Gasteiger partial charge is 0.273 e. The lowest BCUT2D eigenvalue weighted by Crippen LogP contribution is -2.47. The van der Waals surface area contributed by atoms with E-state index in [9.17, 15) is 19.2 Å². The molecule has 0 aliphatic carbocycles. The highest BCUT2D eigenvalue weighted by Gasteiger charge is 2.26. The van der Waals surface area contributed by atoms with Crippen molar-refractivity contribution < 1.29 is 14.4 Å². The first-order valence-electron chi connectivity index (χ1n) is 11.1. The van der Waals surface area contributed by atoms with E-state index in [1.807, 2.05) is 13.8 Å². The van der Waals surface area contributed by atoms with E-state index in [1.165, 1.54) is 4.68 Å².